The summed E-state index contributed by atoms with van der Waals surface area (Å²) in [5.74, 6) is 0.129. The van der Waals surface area contributed by atoms with Gasteiger partial charge in [-0.15, -0.1) is 0 Å². The largest absolute Gasteiger partial charge is 0.508 e. The molecule has 0 amide bonds. The number of benzene rings is 1. The summed E-state index contributed by atoms with van der Waals surface area (Å²) >= 11 is 0. The number of aliphatic hydroxyl groups is 1. The van der Waals surface area contributed by atoms with Crippen LogP contribution in [0, 0.1) is 17.7 Å². The molecule has 32 heavy (non-hydrogen) atoms. The van der Waals surface area contributed by atoms with Gasteiger partial charge in [0, 0.05) is 24.6 Å². The maximum Gasteiger partial charge on any atom is 0.416 e. The molecule has 1 unspecified atom stereocenters. The highest BCUT2D eigenvalue weighted by atomic mass is 19.4. The van der Waals surface area contributed by atoms with Crippen LogP contribution in [0.15, 0.2) is 41.2 Å². The van der Waals surface area contributed by atoms with Crippen LogP contribution < -0.4 is 5.73 Å². The quantitative estimate of drug-likeness (QED) is 0.632. The zero-order valence-electron chi connectivity index (χ0n) is 18.2. The second kappa shape index (κ2) is 9.15. The van der Waals surface area contributed by atoms with Crippen molar-refractivity contribution in [1.82, 2.24) is 4.90 Å². The van der Waals surface area contributed by atoms with Crippen molar-refractivity contribution in [1.29, 1.82) is 0 Å². The number of nitrogens with zero attached hydrogens (tertiary/aromatic N) is 1. The molecule has 0 saturated carbocycles. The number of likely N-dealkylation sites (tertiary alicyclic amines) is 1. The first-order chi connectivity index (χ1) is 15.2. The lowest BCUT2D eigenvalue weighted by atomic mass is 9.75. The van der Waals surface area contributed by atoms with Crippen molar-refractivity contribution in [2.75, 3.05) is 19.6 Å². The molecular formula is C24H30F4N2O2. The number of piperidine rings is 1. The van der Waals surface area contributed by atoms with Crippen LogP contribution in [0.1, 0.15) is 43.7 Å². The van der Waals surface area contributed by atoms with E-state index >= 15 is 0 Å². The normalized spacial score (nSPS) is 27.9. The van der Waals surface area contributed by atoms with Crippen molar-refractivity contribution in [3.63, 3.8) is 0 Å². The summed E-state index contributed by atoms with van der Waals surface area (Å²) in [5.41, 5.74) is 7.14. The van der Waals surface area contributed by atoms with Gasteiger partial charge in [-0.25, -0.2) is 4.39 Å². The van der Waals surface area contributed by atoms with E-state index in [4.69, 9.17) is 10.5 Å². The first kappa shape index (κ1) is 23.3. The Labute approximate surface area is 185 Å². The molecule has 4 nitrogen and oxygen atoms in total. The Kier molecular flexibility index (Phi) is 6.66. The van der Waals surface area contributed by atoms with Gasteiger partial charge in [0.25, 0.3) is 0 Å². The highest BCUT2D eigenvalue weighted by molar-refractivity contribution is 5.35. The second-order valence-corrected chi connectivity index (χ2v) is 9.17. The van der Waals surface area contributed by atoms with Gasteiger partial charge >= 0.3 is 6.18 Å². The number of aliphatic hydroxyl groups excluding tert-OH is 1. The van der Waals surface area contributed by atoms with E-state index in [0.717, 1.165) is 48.6 Å². The molecule has 2 fully saturated rings. The Morgan fingerprint density at radius 3 is 2.59 bits per heavy atom. The van der Waals surface area contributed by atoms with E-state index < -0.39 is 17.6 Å². The fraction of sp³-hybridized carbons (Fsp3) is 0.583. The molecule has 0 bridgehead atoms. The summed E-state index contributed by atoms with van der Waals surface area (Å²) in [6.45, 7) is 3.75. The van der Waals surface area contributed by atoms with Crippen molar-refractivity contribution in [3.05, 3.63) is 58.1 Å². The molecule has 3 atom stereocenters. The maximum atomic E-state index is 14.1. The Hall–Kier alpha value is -1.90. The van der Waals surface area contributed by atoms with Crippen molar-refractivity contribution < 1.29 is 27.4 Å². The van der Waals surface area contributed by atoms with E-state index in [9.17, 15) is 22.7 Å². The molecule has 2 heterocycles. The van der Waals surface area contributed by atoms with Gasteiger partial charge in [-0.1, -0.05) is 6.08 Å². The molecule has 1 aliphatic carbocycles. The molecule has 8 heteroatoms. The van der Waals surface area contributed by atoms with Gasteiger partial charge in [-0.3, -0.25) is 4.90 Å². The minimum absolute atomic E-state index is 0.0460. The molecule has 4 rings (SSSR count). The minimum Gasteiger partial charge on any atom is -0.508 e. The first-order valence-corrected chi connectivity index (χ1v) is 11.2. The highest BCUT2D eigenvalue weighted by Crippen LogP contribution is 2.42. The first-order valence-electron chi connectivity index (χ1n) is 11.2. The van der Waals surface area contributed by atoms with E-state index in [1.807, 2.05) is 17.9 Å². The Morgan fingerprint density at radius 1 is 1.22 bits per heavy atom. The number of halogens is 4. The number of hydrogen-bond acceptors (Lipinski definition) is 4. The Morgan fingerprint density at radius 2 is 1.94 bits per heavy atom. The third-order valence-electron chi connectivity index (χ3n) is 7.18. The summed E-state index contributed by atoms with van der Waals surface area (Å²) < 4.78 is 59.4. The van der Waals surface area contributed by atoms with Crippen LogP contribution in [-0.4, -0.2) is 41.8 Å². The van der Waals surface area contributed by atoms with Gasteiger partial charge in [-0.2, -0.15) is 13.2 Å². The van der Waals surface area contributed by atoms with Gasteiger partial charge in [-0.05, 0) is 81.0 Å². The average molecular weight is 455 g/mol. The van der Waals surface area contributed by atoms with E-state index in [-0.39, 0.29) is 36.2 Å². The van der Waals surface area contributed by atoms with Crippen LogP contribution in [0.2, 0.25) is 0 Å². The molecule has 1 aromatic carbocycles. The van der Waals surface area contributed by atoms with Gasteiger partial charge in [0.15, 0.2) is 0 Å². The third-order valence-corrected chi connectivity index (χ3v) is 7.18. The van der Waals surface area contributed by atoms with Crippen LogP contribution in [-0.2, 0) is 17.5 Å². The molecule has 0 spiro atoms. The number of allylic oxidation sites excluding steroid dienone is 2. The number of rotatable bonds is 4. The van der Waals surface area contributed by atoms with Crippen LogP contribution in [0.3, 0.4) is 0 Å². The topological polar surface area (TPSA) is 58.7 Å². The molecule has 0 radical (unpaired) electrons. The standard InChI is InChI=1S/C24H30F4N2O2/c1-14-2-4-18-19(23(14)31)11-21(32-22(18)12-29)15-6-8-30(9-7-15)13-16-10-17(24(26,27)28)3-5-20(16)25/h2-3,5,10,15,18,21-22,31H,4,6-9,11-13,29H2,1H3/t18?,21-,22-/m0/s1. The average Bonchev–Trinajstić information content (AvgIpc) is 2.77. The van der Waals surface area contributed by atoms with Crippen molar-refractivity contribution in [3.8, 4) is 0 Å². The van der Waals surface area contributed by atoms with Crippen molar-refractivity contribution in [2.45, 2.75) is 57.5 Å². The van der Waals surface area contributed by atoms with Crippen LogP contribution in [0.4, 0.5) is 17.6 Å². The molecule has 1 aromatic rings. The number of nitrogens with two attached hydrogens (primary N) is 1. The smallest absolute Gasteiger partial charge is 0.416 e. The summed E-state index contributed by atoms with van der Waals surface area (Å²) in [6.07, 6.45) is 0.458. The third kappa shape index (κ3) is 4.72. The summed E-state index contributed by atoms with van der Waals surface area (Å²) in [6, 6.07) is 2.58. The molecule has 2 saturated heterocycles. The molecule has 0 aromatic heterocycles. The van der Waals surface area contributed by atoms with Crippen LogP contribution >= 0.6 is 0 Å². The Balaban J connectivity index is 1.40. The fourth-order valence-corrected chi connectivity index (χ4v) is 5.27. The van der Waals surface area contributed by atoms with E-state index in [1.165, 1.54) is 0 Å². The monoisotopic (exact) mass is 454 g/mol. The SMILES string of the molecule is CC1=CCC2C(=C1O)C[C@@H](C1CCN(Cc3cc(C(F)(F)F)ccc3F)CC1)O[C@H]2CN. The van der Waals surface area contributed by atoms with E-state index in [1.54, 1.807) is 0 Å². The predicted octanol–water partition coefficient (Wildman–Crippen LogP) is 4.95. The van der Waals surface area contributed by atoms with Crippen molar-refractivity contribution in [2.24, 2.45) is 17.6 Å². The Bertz CT molecular complexity index is 904. The molecular weight excluding hydrogens is 424 g/mol. The minimum atomic E-state index is -4.49. The predicted molar refractivity (Wildman–Crippen MR) is 113 cm³/mol. The number of fused-ring (bicyclic) bond motifs is 1. The van der Waals surface area contributed by atoms with Gasteiger partial charge in [0.2, 0.25) is 0 Å². The number of hydrogen-bond donors (Lipinski definition) is 2. The zero-order valence-corrected chi connectivity index (χ0v) is 18.2. The second-order valence-electron chi connectivity index (χ2n) is 9.17. The summed E-state index contributed by atoms with van der Waals surface area (Å²) in [4.78, 5) is 1.99. The summed E-state index contributed by atoms with van der Waals surface area (Å²) in [5, 5.41) is 10.6. The lowest BCUT2D eigenvalue weighted by Gasteiger charge is -2.44. The van der Waals surface area contributed by atoms with Gasteiger partial charge in [0.1, 0.15) is 11.6 Å². The van der Waals surface area contributed by atoms with E-state index in [0.29, 0.717) is 31.8 Å². The van der Waals surface area contributed by atoms with Gasteiger partial charge < -0.3 is 15.6 Å². The molecule has 3 aliphatic rings. The van der Waals surface area contributed by atoms with Crippen LogP contribution in [0.5, 0.6) is 0 Å². The lowest BCUT2D eigenvalue weighted by Crippen LogP contribution is -2.47. The lowest BCUT2D eigenvalue weighted by molar-refractivity contribution is -0.137. The maximum absolute atomic E-state index is 14.1. The summed E-state index contributed by atoms with van der Waals surface area (Å²) in [7, 11) is 0. The van der Waals surface area contributed by atoms with Gasteiger partial charge in [0.05, 0.1) is 17.8 Å². The van der Waals surface area contributed by atoms with E-state index in [2.05, 4.69) is 0 Å². The molecule has 176 valence electrons. The van der Waals surface area contributed by atoms with Crippen LogP contribution in [0.25, 0.3) is 0 Å². The fourth-order valence-electron chi connectivity index (χ4n) is 5.27. The van der Waals surface area contributed by atoms with Crippen molar-refractivity contribution >= 4 is 0 Å². The zero-order chi connectivity index (χ0) is 23.0. The number of ether oxygens (including phenoxy) is 1. The highest BCUT2D eigenvalue weighted by Gasteiger charge is 2.41. The number of alkyl halides is 3. The molecule has 3 N–H and O–H groups in total. The molecule has 2 aliphatic heterocycles.